The summed E-state index contributed by atoms with van der Waals surface area (Å²) in [6.07, 6.45) is 2.73. The summed E-state index contributed by atoms with van der Waals surface area (Å²) in [5.74, 6) is 0.00506. The summed E-state index contributed by atoms with van der Waals surface area (Å²) < 4.78 is 26.8. The number of halogens is 2. The maximum Gasteiger partial charge on any atom is 0.218 e. The first kappa shape index (κ1) is 22.5. The number of primary amides is 1. The standard InChI is InChI=1S/C23H28ClFN2O3/c1-15(13-21(26)28)27-20(14-16-9-11-29-12-10-16)18-7-8-19(24)23(22(18)25)30-17-5-3-2-4-6-17/h2-8,15-16,20,27H,9-14H2,1H3,(H2,26,28)/t15-,20+/m0/s1. The molecule has 2 aromatic carbocycles. The molecule has 0 saturated carbocycles. The number of rotatable bonds is 9. The van der Waals surface area contributed by atoms with E-state index in [4.69, 9.17) is 26.8 Å². The van der Waals surface area contributed by atoms with Crippen LogP contribution in [0.5, 0.6) is 11.5 Å². The molecule has 7 heteroatoms. The van der Waals surface area contributed by atoms with E-state index < -0.39 is 11.7 Å². The van der Waals surface area contributed by atoms with Gasteiger partial charge in [0.15, 0.2) is 11.6 Å². The minimum atomic E-state index is -0.498. The number of carbonyl (C=O) groups is 1. The summed E-state index contributed by atoms with van der Waals surface area (Å²) in [4.78, 5) is 11.3. The molecule has 2 atom stereocenters. The molecule has 1 aliphatic heterocycles. The lowest BCUT2D eigenvalue weighted by atomic mass is 9.88. The molecule has 2 aromatic rings. The number of amides is 1. The zero-order valence-corrected chi connectivity index (χ0v) is 17.8. The Balaban J connectivity index is 1.88. The van der Waals surface area contributed by atoms with E-state index >= 15 is 4.39 Å². The van der Waals surface area contributed by atoms with Crippen molar-refractivity contribution < 1.29 is 18.7 Å². The lowest BCUT2D eigenvalue weighted by Gasteiger charge is -2.30. The number of ether oxygens (including phenoxy) is 2. The highest BCUT2D eigenvalue weighted by atomic mass is 35.5. The molecule has 0 aliphatic carbocycles. The molecule has 0 aromatic heterocycles. The van der Waals surface area contributed by atoms with Crippen molar-refractivity contribution in [1.82, 2.24) is 5.32 Å². The highest BCUT2D eigenvalue weighted by Gasteiger charge is 2.27. The minimum absolute atomic E-state index is 0.00157. The number of hydrogen-bond donors (Lipinski definition) is 2. The Kier molecular flexibility index (Phi) is 8.08. The van der Waals surface area contributed by atoms with Gasteiger partial charge < -0.3 is 20.5 Å². The molecule has 3 rings (SSSR count). The highest BCUT2D eigenvalue weighted by molar-refractivity contribution is 6.32. The zero-order valence-electron chi connectivity index (χ0n) is 17.1. The average molecular weight is 435 g/mol. The smallest absolute Gasteiger partial charge is 0.218 e. The van der Waals surface area contributed by atoms with Crippen LogP contribution in [-0.2, 0) is 9.53 Å². The Bertz CT molecular complexity index is 844. The van der Waals surface area contributed by atoms with E-state index in [1.54, 1.807) is 24.3 Å². The lowest BCUT2D eigenvalue weighted by molar-refractivity contribution is -0.118. The molecule has 5 nitrogen and oxygen atoms in total. The number of nitrogens with two attached hydrogens (primary N) is 1. The van der Waals surface area contributed by atoms with Gasteiger partial charge in [-0.25, -0.2) is 4.39 Å². The first-order valence-electron chi connectivity index (χ1n) is 10.3. The Morgan fingerprint density at radius 2 is 1.97 bits per heavy atom. The Morgan fingerprint density at radius 3 is 2.63 bits per heavy atom. The largest absolute Gasteiger partial charge is 0.453 e. The predicted molar refractivity (Wildman–Crippen MR) is 115 cm³/mol. The third-order valence-corrected chi connectivity index (χ3v) is 5.62. The van der Waals surface area contributed by atoms with Gasteiger partial charge in [-0.3, -0.25) is 4.79 Å². The predicted octanol–water partition coefficient (Wildman–Crippen LogP) is 4.98. The van der Waals surface area contributed by atoms with Crippen LogP contribution in [0.3, 0.4) is 0 Å². The monoisotopic (exact) mass is 434 g/mol. The number of para-hydroxylation sites is 1. The van der Waals surface area contributed by atoms with Gasteiger partial charge in [0, 0.05) is 37.3 Å². The third kappa shape index (κ3) is 6.17. The third-order valence-electron chi connectivity index (χ3n) is 5.32. The van der Waals surface area contributed by atoms with E-state index in [9.17, 15) is 4.79 Å². The maximum atomic E-state index is 15.6. The van der Waals surface area contributed by atoms with Crippen molar-refractivity contribution in [2.75, 3.05) is 13.2 Å². The van der Waals surface area contributed by atoms with Gasteiger partial charge in [-0.2, -0.15) is 0 Å². The maximum absolute atomic E-state index is 15.6. The zero-order chi connectivity index (χ0) is 21.5. The first-order valence-corrected chi connectivity index (χ1v) is 10.6. The second-order valence-electron chi connectivity index (χ2n) is 7.78. The van der Waals surface area contributed by atoms with Gasteiger partial charge in [0.1, 0.15) is 5.75 Å². The molecule has 0 radical (unpaired) electrons. The van der Waals surface area contributed by atoms with Crippen LogP contribution in [0, 0.1) is 11.7 Å². The highest BCUT2D eigenvalue weighted by Crippen LogP contribution is 2.38. The molecule has 0 unspecified atom stereocenters. The van der Waals surface area contributed by atoms with Crippen LogP contribution in [0.15, 0.2) is 42.5 Å². The molecule has 1 saturated heterocycles. The van der Waals surface area contributed by atoms with E-state index in [-0.39, 0.29) is 29.3 Å². The van der Waals surface area contributed by atoms with Gasteiger partial charge in [0.25, 0.3) is 0 Å². The van der Waals surface area contributed by atoms with Crippen LogP contribution in [0.1, 0.15) is 44.2 Å². The van der Waals surface area contributed by atoms with E-state index in [0.29, 0.717) is 30.4 Å². The first-order chi connectivity index (χ1) is 14.4. The van der Waals surface area contributed by atoms with Crippen LogP contribution in [0.25, 0.3) is 0 Å². The van der Waals surface area contributed by atoms with Crippen molar-refractivity contribution in [2.45, 2.75) is 44.7 Å². The fraction of sp³-hybridized carbons (Fsp3) is 0.435. The fourth-order valence-electron chi connectivity index (χ4n) is 3.82. The van der Waals surface area contributed by atoms with Gasteiger partial charge in [-0.15, -0.1) is 0 Å². The summed E-state index contributed by atoms with van der Waals surface area (Å²) in [6.45, 7) is 3.29. The van der Waals surface area contributed by atoms with Crippen LogP contribution in [-0.4, -0.2) is 25.2 Å². The Morgan fingerprint density at radius 1 is 1.27 bits per heavy atom. The SMILES string of the molecule is C[C@@H](CC(N)=O)N[C@H](CC1CCOCC1)c1ccc(Cl)c(Oc2ccccc2)c1F. The normalized spacial score (nSPS) is 16.8. The second-order valence-corrected chi connectivity index (χ2v) is 8.18. The quantitative estimate of drug-likeness (QED) is 0.583. The van der Waals surface area contributed by atoms with E-state index in [0.717, 1.165) is 19.3 Å². The van der Waals surface area contributed by atoms with Crippen molar-refractivity contribution >= 4 is 17.5 Å². The molecule has 1 heterocycles. The minimum Gasteiger partial charge on any atom is -0.453 e. The van der Waals surface area contributed by atoms with Crippen LogP contribution in [0.4, 0.5) is 4.39 Å². The average Bonchev–Trinajstić information content (AvgIpc) is 2.72. The molecule has 0 bridgehead atoms. The topological polar surface area (TPSA) is 73.6 Å². The summed E-state index contributed by atoms with van der Waals surface area (Å²) in [5.41, 5.74) is 5.81. The summed E-state index contributed by atoms with van der Waals surface area (Å²) in [6, 6.07) is 11.8. The van der Waals surface area contributed by atoms with Crippen molar-refractivity contribution in [3.8, 4) is 11.5 Å². The van der Waals surface area contributed by atoms with Gasteiger partial charge in [-0.05, 0) is 50.3 Å². The molecule has 0 spiro atoms. The molecular formula is C23H28ClFN2O3. The molecule has 1 fully saturated rings. The molecule has 30 heavy (non-hydrogen) atoms. The molecule has 1 amide bonds. The number of hydrogen-bond acceptors (Lipinski definition) is 4. The summed E-state index contributed by atoms with van der Waals surface area (Å²) in [7, 11) is 0. The van der Waals surface area contributed by atoms with Crippen molar-refractivity contribution in [2.24, 2.45) is 11.7 Å². The van der Waals surface area contributed by atoms with Gasteiger partial charge in [0.05, 0.1) is 5.02 Å². The lowest BCUT2D eigenvalue weighted by Crippen LogP contribution is -2.36. The van der Waals surface area contributed by atoms with E-state index in [1.807, 2.05) is 25.1 Å². The Labute approximate surface area is 181 Å². The molecular weight excluding hydrogens is 407 g/mol. The number of benzene rings is 2. The van der Waals surface area contributed by atoms with Crippen LogP contribution >= 0.6 is 11.6 Å². The Hall–Kier alpha value is -2.15. The number of carbonyl (C=O) groups excluding carboxylic acids is 1. The van der Waals surface area contributed by atoms with Crippen molar-refractivity contribution in [1.29, 1.82) is 0 Å². The summed E-state index contributed by atoms with van der Waals surface area (Å²) in [5, 5.41) is 3.59. The molecule has 3 N–H and O–H groups in total. The molecule has 1 aliphatic rings. The fourth-order valence-corrected chi connectivity index (χ4v) is 4.01. The summed E-state index contributed by atoms with van der Waals surface area (Å²) >= 11 is 6.26. The van der Waals surface area contributed by atoms with Crippen LogP contribution < -0.4 is 15.8 Å². The van der Waals surface area contributed by atoms with E-state index in [1.165, 1.54) is 0 Å². The number of nitrogens with one attached hydrogen (secondary N) is 1. The molecule has 162 valence electrons. The van der Waals surface area contributed by atoms with Gasteiger partial charge in [0.2, 0.25) is 5.91 Å². The van der Waals surface area contributed by atoms with Gasteiger partial charge in [-0.1, -0.05) is 35.9 Å². The van der Waals surface area contributed by atoms with Crippen LogP contribution in [0.2, 0.25) is 5.02 Å². The van der Waals surface area contributed by atoms with Gasteiger partial charge >= 0.3 is 0 Å². The van der Waals surface area contributed by atoms with Crippen molar-refractivity contribution in [3.05, 3.63) is 58.9 Å². The van der Waals surface area contributed by atoms with E-state index in [2.05, 4.69) is 5.32 Å². The van der Waals surface area contributed by atoms with Crippen molar-refractivity contribution in [3.63, 3.8) is 0 Å². The second kappa shape index (κ2) is 10.8.